The molecule has 1 aliphatic rings. The highest BCUT2D eigenvalue weighted by atomic mass is 19.1. The highest BCUT2D eigenvalue weighted by molar-refractivity contribution is 5.07. The van der Waals surface area contributed by atoms with E-state index in [0.717, 1.165) is 12.8 Å². The lowest BCUT2D eigenvalue weighted by Gasteiger charge is -2.40. The molecule has 2 N–H and O–H groups in total. The minimum atomic E-state index is -0.00438. The highest BCUT2D eigenvalue weighted by Crippen LogP contribution is 2.30. The zero-order valence-corrected chi connectivity index (χ0v) is 7.81. The Morgan fingerprint density at radius 2 is 2.33 bits per heavy atom. The number of hydrogen-bond acceptors (Lipinski definition) is 2. The maximum atomic E-state index is 12.7. The molecule has 1 rings (SSSR count). The van der Waals surface area contributed by atoms with E-state index in [0.29, 0.717) is 13.0 Å². The molecule has 0 aliphatic heterocycles. The Bertz CT molecular complexity index is 189. The second kappa shape index (κ2) is 3.54. The Labute approximate surface area is 73.2 Å². The largest absolute Gasteiger partial charge is 0.329 e. The normalized spacial score (nSPS) is 30.6. The van der Waals surface area contributed by atoms with Gasteiger partial charge in [0.25, 0.3) is 0 Å². The fourth-order valence-electron chi connectivity index (χ4n) is 1.63. The fourth-order valence-corrected chi connectivity index (χ4v) is 1.63. The van der Waals surface area contributed by atoms with Crippen molar-refractivity contribution in [1.29, 1.82) is 0 Å². The van der Waals surface area contributed by atoms with Gasteiger partial charge in [0, 0.05) is 18.5 Å². The Morgan fingerprint density at radius 3 is 2.67 bits per heavy atom. The summed E-state index contributed by atoms with van der Waals surface area (Å²) in [5, 5.41) is 0. The second-order valence-corrected chi connectivity index (χ2v) is 3.68. The van der Waals surface area contributed by atoms with Crippen LogP contribution in [0.2, 0.25) is 0 Å². The van der Waals surface area contributed by atoms with Crippen molar-refractivity contribution in [3.05, 3.63) is 11.9 Å². The molecule has 0 heterocycles. The van der Waals surface area contributed by atoms with Gasteiger partial charge in [-0.15, -0.1) is 0 Å². The Morgan fingerprint density at radius 1 is 1.67 bits per heavy atom. The average Bonchev–Trinajstić information content (AvgIpc) is 2.06. The first-order chi connectivity index (χ1) is 5.60. The molecule has 0 bridgehead atoms. The van der Waals surface area contributed by atoms with Crippen molar-refractivity contribution in [2.45, 2.75) is 24.8 Å². The predicted octanol–water partition coefficient (Wildman–Crippen LogP) is 1.28. The third-order valence-electron chi connectivity index (χ3n) is 2.86. The van der Waals surface area contributed by atoms with Crippen LogP contribution in [0.5, 0.6) is 0 Å². The van der Waals surface area contributed by atoms with Crippen LogP contribution in [0.25, 0.3) is 0 Å². The summed E-state index contributed by atoms with van der Waals surface area (Å²) in [6.45, 7) is 0.601. The molecule has 1 aliphatic carbocycles. The summed E-state index contributed by atoms with van der Waals surface area (Å²) in [5.74, 6) is 0.0147. The van der Waals surface area contributed by atoms with Gasteiger partial charge in [-0.05, 0) is 26.9 Å². The first-order valence-corrected chi connectivity index (χ1v) is 4.33. The molecule has 0 saturated carbocycles. The molecule has 0 aromatic rings. The van der Waals surface area contributed by atoms with E-state index in [2.05, 4.69) is 4.90 Å². The molecule has 0 amide bonds. The molecule has 2 nitrogen and oxygen atoms in total. The van der Waals surface area contributed by atoms with Crippen molar-refractivity contribution >= 4 is 0 Å². The molecule has 0 aromatic heterocycles. The van der Waals surface area contributed by atoms with Crippen LogP contribution in [0.15, 0.2) is 11.9 Å². The minimum absolute atomic E-state index is 0.00438. The fraction of sp³-hybridized carbons (Fsp3) is 0.778. The summed E-state index contributed by atoms with van der Waals surface area (Å²) in [4.78, 5) is 2.11. The lowest BCUT2D eigenvalue weighted by atomic mass is 9.84. The third-order valence-corrected chi connectivity index (χ3v) is 2.86. The molecule has 3 heteroatoms. The van der Waals surface area contributed by atoms with Crippen molar-refractivity contribution < 1.29 is 4.39 Å². The molecule has 1 atom stereocenters. The van der Waals surface area contributed by atoms with Crippen molar-refractivity contribution in [3.63, 3.8) is 0 Å². The number of likely N-dealkylation sites (N-methyl/N-ethyl adjacent to an activating group) is 1. The first kappa shape index (κ1) is 9.68. The van der Waals surface area contributed by atoms with E-state index in [9.17, 15) is 4.39 Å². The molecule has 12 heavy (non-hydrogen) atoms. The van der Waals surface area contributed by atoms with Crippen molar-refractivity contribution in [1.82, 2.24) is 4.90 Å². The quantitative estimate of drug-likeness (QED) is 0.680. The first-order valence-electron chi connectivity index (χ1n) is 4.33. The molecule has 1 unspecified atom stereocenters. The van der Waals surface area contributed by atoms with Crippen molar-refractivity contribution in [3.8, 4) is 0 Å². The number of allylic oxidation sites excluding steroid dienone is 1. The van der Waals surface area contributed by atoms with Gasteiger partial charge in [-0.3, -0.25) is 0 Å². The van der Waals surface area contributed by atoms with E-state index in [1.54, 1.807) is 6.08 Å². The van der Waals surface area contributed by atoms with Crippen LogP contribution in [0, 0.1) is 0 Å². The van der Waals surface area contributed by atoms with Crippen LogP contribution in [0.4, 0.5) is 4.39 Å². The van der Waals surface area contributed by atoms with Gasteiger partial charge in [0.15, 0.2) is 0 Å². The Balaban J connectivity index is 2.71. The van der Waals surface area contributed by atoms with Crippen molar-refractivity contribution in [2.24, 2.45) is 5.73 Å². The number of rotatable bonds is 2. The van der Waals surface area contributed by atoms with E-state index < -0.39 is 0 Å². The maximum absolute atomic E-state index is 12.7. The van der Waals surface area contributed by atoms with E-state index >= 15 is 0 Å². The monoisotopic (exact) mass is 172 g/mol. The minimum Gasteiger partial charge on any atom is -0.329 e. The van der Waals surface area contributed by atoms with Gasteiger partial charge >= 0.3 is 0 Å². The van der Waals surface area contributed by atoms with Crippen LogP contribution in [0.1, 0.15) is 19.3 Å². The third kappa shape index (κ3) is 1.67. The second-order valence-electron chi connectivity index (χ2n) is 3.68. The zero-order chi connectivity index (χ0) is 9.19. The standard InChI is InChI=1S/C9H17FN2/c1-12(2)9(7-11)5-3-8(10)4-6-9/h3H,4-7,11H2,1-2H3. The van der Waals surface area contributed by atoms with E-state index in [1.807, 2.05) is 14.1 Å². The van der Waals surface area contributed by atoms with Gasteiger partial charge in [-0.1, -0.05) is 6.08 Å². The summed E-state index contributed by atoms with van der Waals surface area (Å²) < 4.78 is 12.7. The van der Waals surface area contributed by atoms with Crippen LogP contribution in [-0.2, 0) is 0 Å². The Hall–Kier alpha value is -0.410. The average molecular weight is 172 g/mol. The number of halogens is 1. The molecule has 70 valence electrons. The van der Waals surface area contributed by atoms with Crippen molar-refractivity contribution in [2.75, 3.05) is 20.6 Å². The lowest BCUT2D eigenvalue weighted by Crippen LogP contribution is -2.50. The lowest BCUT2D eigenvalue weighted by molar-refractivity contribution is 0.139. The van der Waals surface area contributed by atoms with Gasteiger partial charge in [-0.25, -0.2) is 4.39 Å². The van der Waals surface area contributed by atoms with Crippen LogP contribution >= 0.6 is 0 Å². The molecule has 0 spiro atoms. The summed E-state index contributed by atoms with van der Waals surface area (Å²) >= 11 is 0. The van der Waals surface area contributed by atoms with Gasteiger partial charge in [-0.2, -0.15) is 0 Å². The number of hydrogen-bond donors (Lipinski definition) is 1. The molecular formula is C9H17FN2. The van der Waals surface area contributed by atoms with Gasteiger partial charge in [0.2, 0.25) is 0 Å². The van der Waals surface area contributed by atoms with Crippen LogP contribution in [0.3, 0.4) is 0 Å². The summed E-state index contributed by atoms with van der Waals surface area (Å²) in [5.41, 5.74) is 5.69. The molecular weight excluding hydrogens is 155 g/mol. The summed E-state index contributed by atoms with van der Waals surface area (Å²) in [6, 6.07) is 0. The van der Waals surface area contributed by atoms with Crippen LogP contribution in [-0.4, -0.2) is 31.1 Å². The van der Waals surface area contributed by atoms with E-state index in [-0.39, 0.29) is 11.4 Å². The molecule has 0 radical (unpaired) electrons. The highest BCUT2D eigenvalue weighted by Gasteiger charge is 2.32. The van der Waals surface area contributed by atoms with Gasteiger partial charge < -0.3 is 10.6 Å². The number of nitrogens with zero attached hydrogens (tertiary/aromatic N) is 1. The Kier molecular flexibility index (Phi) is 2.85. The summed E-state index contributed by atoms with van der Waals surface area (Å²) in [7, 11) is 4.01. The molecule has 0 aromatic carbocycles. The summed E-state index contributed by atoms with van der Waals surface area (Å²) in [6.07, 6.45) is 3.77. The molecule has 0 saturated heterocycles. The van der Waals surface area contributed by atoms with E-state index in [1.165, 1.54) is 0 Å². The number of nitrogens with two attached hydrogens (primary N) is 1. The van der Waals surface area contributed by atoms with Gasteiger partial charge in [0.05, 0.1) is 5.83 Å². The zero-order valence-electron chi connectivity index (χ0n) is 7.81. The smallest absolute Gasteiger partial charge is 0.0961 e. The maximum Gasteiger partial charge on any atom is 0.0961 e. The molecule has 0 fully saturated rings. The van der Waals surface area contributed by atoms with Crippen LogP contribution < -0.4 is 5.73 Å². The van der Waals surface area contributed by atoms with Gasteiger partial charge in [0.1, 0.15) is 0 Å². The SMILES string of the molecule is CN(C)C1(CN)CC=C(F)CC1. The topological polar surface area (TPSA) is 29.3 Å². The van der Waals surface area contributed by atoms with E-state index in [4.69, 9.17) is 5.73 Å². The predicted molar refractivity (Wildman–Crippen MR) is 48.5 cm³/mol.